The van der Waals surface area contributed by atoms with Crippen molar-refractivity contribution in [3.63, 3.8) is 0 Å². The van der Waals surface area contributed by atoms with Crippen LogP contribution in [0.4, 0.5) is 5.69 Å². The van der Waals surface area contributed by atoms with Crippen molar-refractivity contribution in [3.8, 4) is 0 Å². The maximum absolute atomic E-state index is 12.8. The molecule has 0 spiro atoms. The van der Waals surface area contributed by atoms with Crippen LogP contribution in [0.2, 0.25) is 0 Å². The number of H-pyrrole nitrogens is 1. The number of amides is 2. The molecule has 3 N–H and O–H groups in total. The lowest BCUT2D eigenvalue weighted by Crippen LogP contribution is -2.22. The molecule has 6 heteroatoms. The average Bonchev–Trinajstić information content (AvgIpc) is 3.45. The standard InChI is InChI=1S/C25H23N3O3/c29-24(17-10-11-22-20(14-17)19-7-1-2-8-21(19)28-22)26-15-16-5-3-6-18(13-16)27-25(30)23-9-4-12-31-23/h3-6,9-14,28H,1-2,7-8,15H2,(H,26,29)(H,27,30). The summed E-state index contributed by atoms with van der Waals surface area (Å²) in [5.41, 5.74) is 5.97. The van der Waals surface area contributed by atoms with Crippen molar-refractivity contribution in [2.24, 2.45) is 0 Å². The number of furan rings is 1. The van der Waals surface area contributed by atoms with Gasteiger partial charge in [0.1, 0.15) is 0 Å². The second kappa shape index (κ2) is 8.14. The van der Waals surface area contributed by atoms with Gasteiger partial charge in [-0.2, -0.15) is 0 Å². The van der Waals surface area contributed by atoms with E-state index in [1.54, 1.807) is 18.2 Å². The summed E-state index contributed by atoms with van der Waals surface area (Å²) in [4.78, 5) is 28.4. The first-order chi connectivity index (χ1) is 15.2. The third-order valence-electron chi connectivity index (χ3n) is 5.74. The highest BCUT2D eigenvalue weighted by molar-refractivity contribution is 6.02. The molecule has 0 atom stereocenters. The minimum absolute atomic E-state index is 0.113. The molecule has 31 heavy (non-hydrogen) atoms. The lowest BCUT2D eigenvalue weighted by Gasteiger charge is -2.11. The summed E-state index contributed by atoms with van der Waals surface area (Å²) in [7, 11) is 0. The molecule has 0 aliphatic heterocycles. The zero-order valence-electron chi connectivity index (χ0n) is 17.0. The minimum atomic E-state index is -0.311. The molecular formula is C25H23N3O3. The normalized spacial score (nSPS) is 13.0. The Balaban J connectivity index is 1.27. The molecule has 2 aromatic heterocycles. The van der Waals surface area contributed by atoms with Crippen molar-refractivity contribution in [2.45, 2.75) is 32.2 Å². The Bertz CT molecular complexity index is 1250. The minimum Gasteiger partial charge on any atom is -0.459 e. The summed E-state index contributed by atoms with van der Waals surface area (Å²) >= 11 is 0. The van der Waals surface area contributed by atoms with E-state index in [1.165, 1.54) is 30.4 Å². The SMILES string of the molecule is O=C(NCc1cccc(NC(=O)c2ccco2)c1)c1ccc2[nH]c3c(c2c1)CCCC3. The van der Waals surface area contributed by atoms with Gasteiger partial charge >= 0.3 is 0 Å². The predicted molar refractivity (Wildman–Crippen MR) is 119 cm³/mol. The Morgan fingerprint density at radius 2 is 1.87 bits per heavy atom. The van der Waals surface area contributed by atoms with Gasteiger partial charge in [-0.15, -0.1) is 0 Å². The molecular weight excluding hydrogens is 390 g/mol. The van der Waals surface area contributed by atoms with Crippen LogP contribution >= 0.6 is 0 Å². The average molecular weight is 413 g/mol. The van der Waals surface area contributed by atoms with Crippen molar-refractivity contribution in [1.82, 2.24) is 10.3 Å². The van der Waals surface area contributed by atoms with Crippen LogP contribution in [-0.2, 0) is 19.4 Å². The van der Waals surface area contributed by atoms with Gasteiger partial charge in [0.15, 0.2) is 5.76 Å². The summed E-state index contributed by atoms with van der Waals surface area (Å²) < 4.78 is 5.11. The summed E-state index contributed by atoms with van der Waals surface area (Å²) in [6.07, 6.45) is 6.02. The lowest BCUT2D eigenvalue weighted by molar-refractivity contribution is 0.0949. The quantitative estimate of drug-likeness (QED) is 0.438. The molecule has 2 heterocycles. The van der Waals surface area contributed by atoms with E-state index in [-0.39, 0.29) is 17.6 Å². The third-order valence-corrected chi connectivity index (χ3v) is 5.74. The number of hydrogen-bond acceptors (Lipinski definition) is 3. The first kappa shape index (κ1) is 19.2. The molecule has 1 aliphatic carbocycles. The molecule has 4 aromatic rings. The monoisotopic (exact) mass is 413 g/mol. The molecule has 1 aliphatic rings. The highest BCUT2D eigenvalue weighted by Gasteiger charge is 2.17. The molecule has 0 fully saturated rings. The maximum Gasteiger partial charge on any atom is 0.291 e. The van der Waals surface area contributed by atoms with Crippen LogP contribution in [0.15, 0.2) is 65.3 Å². The summed E-state index contributed by atoms with van der Waals surface area (Å²) in [6.45, 7) is 0.368. The van der Waals surface area contributed by atoms with E-state index in [2.05, 4.69) is 15.6 Å². The van der Waals surface area contributed by atoms with E-state index < -0.39 is 0 Å². The van der Waals surface area contributed by atoms with E-state index >= 15 is 0 Å². The van der Waals surface area contributed by atoms with Gasteiger partial charge in [0.05, 0.1) is 6.26 Å². The number of nitrogens with one attached hydrogen (secondary N) is 3. The van der Waals surface area contributed by atoms with Crippen LogP contribution in [0.1, 0.15) is 50.6 Å². The highest BCUT2D eigenvalue weighted by Crippen LogP contribution is 2.29. The molecule has 0 unspecified atom stereocenters. The summed E-state index contributed by atoms with van der Waals surface area (Å²) in [5, 5.41) is 6.94. The van der Waals surface area contributed by atoms with Crippen LogP contribution in [0.3, 0.4) is 0 Å². The molecule has 2 amide bonds. The fourth-order valence-corrected chi connectivity index (χ4v) is 4.19. The van der Waals surface area contributed by atoms with Crippen molar-refractivity contribution >= 4 is 28.4 Å². The molecule has 5 rings (SSSR count). The van der Waals surface area contributed by atoms with Crippen molar-refractivity contribution in [3.05, 3.63) is 89.0 Å². The largest absolute Gasteiger partial charge is 0.459 e. The van der Waals surface area contributed by atoms with Gasteiger partial charge in [0.2, 0.25) is 0 Å². The van der Waals surface area contributed by atoms with Gasteiger partial charge in [0.25, 0.3) is 11.8 Å². The number of aromatic amines is 1. The Morgan fingerprint density at radius 3 is 2.74 bits per heavy atom. The second-order valence-electron chi connectivity index (χ2n) is 7.86. The van der Waals surface area contributed by atoms with Gasteiger partial charge in [-0.05, 0) is 79.3 Å². The fourth-order valence-electron chi connectivity index (χ4n) is 4.19. The van der Waals surface area contributed by atoms with Gasteiger partial charge in [-0.3, -0.25) is 9.59 Å². The number of rotatable bonds is 5. The Labute approximate surface area is 179 Å². The van der Waals surface area contributed by atoms with Gasteiger partial charge in [-0.25, -0.2) is 0 Å². The predicted octanol–water partition coefficient (Wildman–Crippen LogP) is 4.82. The number of carbonyl (C=O) groups excluding carboxylic acids is 2. The zero-order chi connectivity index (χ0) is 21.2. The van der Waals surface area contributed by atoms with Crippen LogP contribution in [0.25, 0.3) is 10.9 Å². The van der Waals surface area contributed by atoms with E-state index in [9.17, 15) is 9.59 Å². The van der Waals surface area contributed by atoms with Crippen LogP contribution < -0.4 is 10.6 Å². The van der Waals surface area contributed by atoms with Crippen LogP contribution in [0.5, 0.6) is 0 Å². The molecule has 6 nitrogen and oxygen atoms in total. The first-order valence-corrected chi connectivity index (χ1v) is 10.5. The van der Waals surface area contributed by atoms with E-state index in [0.717, 1.165) is 29.3 Å². The van der Waals surface area contributed by atoms with Crippen LogP contribution in [0, 0.1) is 0 Å². The molecule has 156 valence electrons. The fraction of sp³-hybridized carbons (Fsp3) is 0.200. The summed E-state index contributed by atoms with van der Waals surface area (Å²) in [6, 6.07) is 16.5. The molecule has 0 saturated heterocycles. The Kier molecular flexibility index (Phi) is 5.04. The van der Waals surface area contributed by atoms with E-state index in [1.807, 2.05) is 36.4 Å². The van der Waals surface area contributed by atoms with Crippen molar-refractivity contribution < 1.29 is 14.0 Å². The third kappa shape index (κ3) is 3.97. The van der Waals surface area contributed by atoms with Gasteiger partial charge < -0.3 is 20.0 Å². The van der Waals surface area contributed by atoms with Crippen molar-refractivity contribution in [1.29, 1.82) is 0 Å². The van der Waals surface area contributed by atoms with Gasteiger partial charge in [-0.1, -0.05) is 12.1 Å². The van der Waals surface area contributed by atoms with Crippen LogP contribution in [-0.4, -0.2) is 16.8 Å². The number of benzene rings is 2. The van der Waals surface area contributed by atoms with Gasteiger partial charge in [0, 0.05) is 34.4 Å². The molecule has 0 bridgehead atoms. The van der Waals surface area contributed by atoms with Crippen molar-refractivity contribution in [2.75, 3.05) is 5.32 Å². The highest BCUT2D eigenvalue weighted by atomic mass is 16.3. The number of aryl methyl sites for hydroxylation is 2. The topological polar surface area (TPSA) is 87.1 Å². The number of anilines is 1. The Morgan fingerprint density at radius 1 is 0.968 bits per heavy atom. The number of aromatic nitrogens is 1. The maximum atomic E-state index is 12.8. The molecule has 0 radical (unpaired) electrons. The smallest absolute Gasteiger partial charge is 0.291 e. The second-order valence-corrected chi connectivity index (χ2v) is 7.86. The first-order valence-electron chi connectivity index (χ1n) is 10.5. The number of carbonyl (C=O) groups is 2. The van der Waals surface area contributed by atoms with E-state index in [4.69, 9.17) is 4.42 Å². The molecule has 2 aromatic carbocycles. The van der Waals surface area contributed by atoms with E-state index in [0.29, 0.717) is 17.8 Å². The number of hydrogen-bond donors (Lipinski definition) is 3. The zero-order valence-corrected chi connectivity index (χ0v) is 17.0. The number of fused-ring (bicyclic) bond motifs is 3. The Hall–Kier alpha value is -3.80. The molecule has 0 saturated carbocycles. The summed E-state index contributed by atoms with van der Waals surface area (Å²) in [5.74, 6) is -0.173. The lowest BCUT2D eigenvalue weighted by atomic mass is 9.95.